The van der Waals surface area contributed by atoms with Crippen LogP contribution < -0.4 is 17.1 Å². The summed E-state index contributed by atoms with van der Waals surface area (Å²) < 4.78 is 0. The molecule has 0 bridgehead atoms. The van der Waals surface area contributed by atoms with Gasteiger partial charge in [-0.3, -0.25) is 24.6 Å². The van der Waals surface area contributed by atoms with Crippen LogP contribution in [0.4, 0.5) is 0 Å². The molecule has 0 radical (unpaired) electrons. The minimum absolute atomic E-state index is 0.0728. The summed E-state index contributed by atoms with van der Waals surface area (Å²) in [5.74, 6) is 5.58. The molecule has 25 heavy (non-hydrogen) atoms. The highest BCUT2D eigenvalue weighted by Gasteiger charge is 2.30. The summed E-state index contributed by atoms with van der Waals surface area (Å²) in [4.78, 5) is 35.7. The summed E-state index contributed by atoms with van der Waals surface area (Å²) >= 11 is 0. The van der Waals surface area contributed by atoms with E-state index in [-0.39, 0.29) is 29.1 Å². The number of carbonyl (C=O) groups excluding carboxylic acids is 3. The molecule has 0 spiro atoms. The molecule has 1 aliphatic rings. The number of amides is 3. The lowest BCUT2D eigenvalue weighted by atomic mass is 9.90. The second-order valence-electron chi connectivity index (χ2n) is 6.00. The first-order chi connectivity index (χ1) is 11.9. The van der Waals surface area contributed by atoms with Gasteiger partial charge < -0.3 is 5.73 Å². The highest BCUT2D eigenvalue weighted by molar-refractivity contribution is 5.97. The Morgan fingerprint density at radius 3 is 2.60 bits per heavy atom. The standard InChI is InChI=1S/C17H20N4O4/c1-2-11-12(4-3-5-13(11)16(18)23)14(17(24)20-25)9-21(19)15(22)8-10-6-7-10/h1,3-5,10,14,25H,6-9,19H2,(H2,18,23)(H,20,24)/t14-/m1/s1. The number of rotatable bonds is 7. The van der Waals surface area contributed by atoms with Crippen molar-refractivity contribution in [2.24, 2.45) is 17.5 Å². The second-order valence-corrected chi connectivity index (χ2v) is 6.00. The van der Waals surface area contributed by atoms with Gasteiger partial charge in [0, 0.05) is 12.0 Å². The van der Waals surface area contributed by atoms with Gasteiger partial charge in [-0.25, -0.2) is 11.3 Å². The fourth-order valence-electron chi connectivity index (χ4n) is 2.61. The molecule has 8 nitrogen and oxygen atoms in total. The Balaban J connectivity index is 2.33. The summed E-state index contributed by atoms with van der Waals surface area (Å²) in [6.45, 7) is -0.200. The molecule has 1 fully saturated rings. The third-order valence-electron chi connectivity index (χ3n) is 4.17. The van der Waals surface area contributed by atoms with Crippen molar-refractivity contribution in [2.75, 3.05) is 6.54 Å². The average Bonchev–Trinajstić information content (AvgIpc) is 3.41. The van der Waals surface area contributed by atoms with Crippen molar-refractivity contribution in [3.8, 4) is 12.3 Å². The molecule has 1 aliphatic carbocycles. The number of hydrogen-bond acceptors (Lipinski definition) is 5. The van der Waals surface area contributed by atoms with E-state index in [2.05, 4.69) is 5.92 Å². The molecule has 1 aromatic carbocycles. The van der Waals surface area contributed by atoms with Crippen LogP contribution in [0, 0.1) is 18.3 Å². The van der Waals surface area contributed by atoms with Gasteiger partial charge in [-0.05, 0) is 30.4 Å². The zero-order chi connectivity index (χ0) is 18.6. The Bertz CT molecular complexity index is 737. The molecule has 1 atom stereocenters. The van der Waals surface area contributed by atoms with Gasteiger partial charge in [-0.2, -0.15) is 0 Å². The third-order valence-corrected chi connectivity index (χ3v) is 4.17. The molecular weight excluding hydrogens is 324 g/mol. The number of hydroxylamine groups is 1. The molecule has 8 heteroatoms. The van der Waals surface area contributed by atoms with Crippen molar-refractivity contribution in [3.63, 3.8) is 0 Å². The van der Waals surface area contributed by atoms with E-state index in [1.54, 1.807) is 5.48 Å². The predicted molar refractivity (Wildman–Crippen MR) is 88.8 cm³/mol. The molecule has 3 amide bonds. The molecule has 0 saturated heterocycles. The van der Waals surface area contributed by atoms with Crippen LogP contribution in [-0.4, -0.2) is 34.5 Å². The van der Waals surface area contributed by atoms with E-state index in [1.807, 2.05) is 0 Å². The Labute approximate surface area is 145 Å². The number of primary amides is 1. The van der Waals surface area contributed by atoms with Gasteiger partial charge >= 0.3 is 0 Å². The lowest BCUT2D eigenvalue weighted by molar-refractivity contribution is -0.135. The van der Waals surface area contributed by atoms with Crippen molar-refractivity contribution in [1.29, 1.82) is 0 Å². The van der Waals surface area contributed by atoms with Crippen LogP contribution in [0.1, 0.15) is 46.7 Å². The van der Waals surface area contributed by atoms with E-state index in [0.717, 1.165) is 17.9 Å². The normalized spacial score (nSPS) is 14.3. The molecule has 132 valence electrons. The summed E-state index contributed by atoms with van der Waals surface area (Å²) in [5, 5.41) is 9.97. The van der Waals surface area contributed by atoms with E-state index < -0.39 is 17.7 Å². The number of carbonyl (C=O) groups is 3. The Kier molecular flexibility index (Phi) is 5.75. The van der Waals surface area contributed by atoms with Gasteiger partial charge in [0.1, 0.15) is 0 Å². The monoisotopic (exact) mass is 344 g/mol. The zero-order valence-electron chi connectivity index (χ0n) is 13.6. The van der Waals surface area contributed by atoms with Crippen LogP contribution in [0.2, 0.25) is 0 Å². The SMILES string of the molecule is C#Cc1c(C(N)=O)cccc1[C@@H](CN(N)C(=O)CC1CC1)C(=O)NO. The highest BCUT2D eigenvalue weighted by atomic mass is 16.5. The first-order valence-electron chi connectivity index (χ1n) is 7.77. The molecule has 1 saturated carbocycles. The van der Waals surface area contributed by atoms with Crippen LogP contribution in [0.3, 0.4) is 0 Å². The number of terminal acetylenes is 1. The van der Waals surface area contributed by atoms with E-state index in [9.17, 15) is 14.4 Å². The minimum Gasteiger partial charge on any atom is -0.366 e. The van der Waals surface area contributed by atoms with Crippen molar-refractivity contribution >= 4 is 17.7 Å². The Morgan fingerprint density at radius 2 is 2.08 bits per heavy atom. The molecule has 0 heterocycles. The maximum atomic E-state index is 12.1. The fraction of sp³-hybridized carbons (Fsp3) is 0.353. The second kappa shape index (κ2) is 7.79. The van der Waals surface area contributed by atoms with Crippen molar-refractivity contribution in [2.45, 2.75) is 25.2 Å². The van der Waals surface area contributed by atoms with Crippen molar-refractivity contribution in [1.82, 2.24) is 10.5 Å². The molecule has 0 aromatic heterocycles. The largest absolute Gasteiger partial charge is 0.366 e. The number of nitrogens with zero attached hydrogens (tertiary/aromatic N) is 1. The van der Waals surface area contributed by atoms with Crippen molar-refractivity contribution < 1.29 is 19.6 Å². The smallest absolute Gasteiger partial charge is 0.252 e. The van der Waals surface area contributed by atoms with Gasteiger partial charge in [-0.1, -0.05) is 18.1 Å². The van der Waals surface area contributed by atoms with E-state index in [0.29, 0.717) is 12.3 Å². The lowest BCUT2D eigenvalue weighted by Crippen LogP contribution is -2.44. The fourth-order valence-corrected chi connectivity index (χ4v) is 2.61. The summed E-state index contributed by atoms with van der Waals surface area (Å²) in [6, 6.07) is 4.48. The Morgan fingerprint density at radius 1 is 1.40 bits per heavy atom. The quantitative estimate of drug-likeness (QED) is 0.179. The maximum Gasteiger partial charge on any atom is 0.252 e. The minimum atomic E-state index is -1.05. The van der Waals surface area contributed by atoms with Crippen LogP contribution in [0.15, 0.2) is 18.2 Å². The topological polar surface area (TPSA) is 139 Å². The molecular formula is C17H20N4O4. The van der Waals surface area contributed by atoms with Crippen LogP contribution in [-0.2, 0) is 9.59 Å². The summed E-state index contributed by atoms with van der Waals surface area (Å²) in [7, 11) is 0. The third kappa shape index (κ3) is 4.35. The zero-order valence-corrected chi connectivity index (χ0v) is 13.6. The Hall–Kier alpha value is -2.89. The van der Waals surface area contributed by atoms with Crippen LogP contribution >= 0.6 is 0 Å². The first kappa shape index (κ1) is 18.4. The van der Waals surface area contributed by atoms with Gasteiger partial charge in [0.05, 0.1) is 18.0 Å². The van der Waals surface area contributed by atoms with Crippen LogP contribution in [0.5, 0.6) is 0 Å². The van der Waals surface area contributed by atoms with E-state index in [4.69, 9.17) is 23.2 Å². The first-order valence-corrected chi connectivity index (χ1v) is 7.77. The number of nitrogens with one attached hydrogen (secondary N) is 1. The molecule has 0 unspecified atom stereocenters. The predicted octanol–water partition coefficient (Wildman–Crippen LogP) is -0.142. The van der Waals surface area contributed by atoms with Gasteiger partial charge in [0.2, 0.25) is 11.8 Å². The van der Waals surface area contributed by atoms with Gasteiger partial charge in [0.15, 0.2) is 0 Å². The van der Waals surface area contributed by atoms with Crippen LogP contribution in [0.25, 0.3) is 0 Å². The molecule has 1 aromatic rings. The van der Waals surface area contributed by atoms with Crippen molar-refractivity contribution in [3.05, 3.63) is 34.9 Å². The number of hydrogen-bond donors (Lipinski definition) is 4. The molecule has 0 aliphatic heterocycles. The molecule has 2 rings (SSSR count). The highest BCUT2D eigenvalue weighted by Crippen LogP contribution is 2.33. The average molecular weight is 344 g/mol. The van der Waals surface area contributed by atoms with Gasteiger partial charge in [-0.15, -0.1) is 6.42 Å². The lowest BCUT2D eigenvalue weighted by Gasteiger charge is -2.24. The van der Waals surface area contributed by atoms with E-state index >= 15 is 0 Å². The number of benzene rings is 1. The van der Waals surface area contributed by atoms with E-state index in [1.165, 1.54) is 18.2 Å². The summed E-state index contributed by atoms with van der Waals surface area (Å²) in [6.07, 6.45) is 7.76. The number of hydrazine groups is 1. The maximum absolute atomic E-state index is 12.1. The van der Waals surface area contributed by atoms with Gasteiger partial charge in [0.25, 0.3) is 5.91 Å². The summed E-state index contributed by atoms with van der Waals surface area (Å²) in [5.41, 5.74) is 7.33. The number of nitrogens with two attached hydrogens (primary N) is 2. The molecule has 6 N–H and O–H groups in total.